The fraction of sp³-hybridized carbons (Fsp3) is 0.800. The van der Waals surface area contributed by atoms with Crippen molar-refractivity contribution < 1.29 is 17.6 Å². The number of halogens is 4. The maximum absolute atomic E-state index is 12.3. The topological polar surface area (TPSA) is 0 Å². The molecule has 0 bridgehead atoms. The van der Waals surface area contributed by atoms with Gasteiger partial charge in [0.25, 0.3) is 0 Å². The van der Waals surface area contributed by atoms with E-state index >= 15 is 0 Å². The molecular weight excluding hydrogens is 136 g/mol. The summed E-state index contributed by atoms with van der Waals surface area (Å²) in [5.74, 6) is 0. The smallest absolute Gasteiger partial charge is 0.244 e. The first-order valence-electron chi connectivity index (χ1n) is 2.59. The first kappa shape index (κ1) is 6.83. The highest BCUT2D eigenvalue weighted by atomic mass is 19.3. The molecule has 0 aromatic rings. The summed E-state index contributed by atoms with van der Waals surface area (Å²) in [6, 6.07) is 0. The first-order chi connectivity index (χ1) is 4.07. The van der Waals surface area contributed by atoms with E-state index in [1.54, 1.807) is 0 Å². The van der Waals surface area contributed by atoms with Gasteiger partial charge in [0.15, 0.2) is 0 Å². The predicted molar refractivity (Wildman–Crippen MR) is 23.4 cm³/mol. The number of alkyl halides is 2. The molecular formula is C5H5F4. The molecule has 0 aliphatic heterocycles. The minimum absolute atomic E-state index is 0.0894. The molecule has 1 aliphatic carbocycles. The van der Waals surface area contributed by atoms with Crippen molar-refractivity contribution in [2.45, 2.75) is 24.7 Å². The molecule has 1 radical (unpaired) electrons. The summed E-state index contributed by atoms with van der Waals surface area (Å²) in [5, 5.41) is 0. The highest BCUT2D eigenvalue weighted by molar-refractivity contribution is 5.07. The predicted octanol–water partition coefficient (Wildman–Crippen LogP) is 2.26. The largest absolute Gasteiger partial charge is 0.349 e. The lowest BCUT2D eigenvalue weighted by molar-refractivity contribution is -0.0811. The van der Waals surface area contributed by atoms with Crippen LogP contribution in [0.5, 0.6) is 0 Å². The minimum Gasteiger partial charge on any atom is -0.244 e. The van der Waals surface area contributed by atoms with Crippen LogP contribution in [0.15, 0.2) is 0 Å². The lowest BCUT2D eigenvalue weighted by Crippen LogP contribution is -2.47. The summed E-state index contributed by atoms with van der Waals surface area (Å²) in [5.41, 5.74) is -2.90. The van der Waals surface area contributed by atoms with Gasteiger partial charge < -0.3 is 0 Å². The fourth-order valence-corrected chi connectivity index (χ4v) is 0.720. The van der Waals surface area contributed by atoms with E-state index in [4.69, 9.17) is 0 Å². The van der Waals surface area contributed by atoms with E-state index in [0.29, 0.717) is 0 Å². The summed E-state index contributed by atoms with van der Waals surface area (Å²) in [4.78, 5) is 0. The Labute approximate surface area is 49.9 Å². The molecule has 1 fully saturated rings. The van der Waals surface area contributed by atoms with Gasteiger partial charge in [0.1, 0.15) is 6.17 Å². The van der Waals surface area contributed by atoms with Gasteiger partial charge >= 0.3 is 6.43 Å². The summed E-state index contributed by atoms with van der Waals surface area (Å²) in [6.07, 6.45) is -4.88. The molecule has 0 spiro atoms. The zero-order valence-electron chi connectivity index (χ0n) is 4.50. The first-order valence-corrected chi connectivity index (χ1v) is 2.59. The van der Waals surface area contributed by atoms with Crippen LogP contribution in [0.2, 0.25) is 0 Å². The summed E-state index contributed by atoms with van der Waals surface area (Å²) in [7, 11) is 0. The third-order valence-corrected chi connectivity index (χ3v) is 1.57. The summed E-state index contributed by atoms with van der Waals surface area (Å²) in [6.45, 7) is 0. The normalized spacial score (nSPS) is 43.0. The summed E-state index contributed by atoms with van der Waals surface area (Å²) >= 11 is 0. The molecule has 0 N–H and O–H groups in total. The van der Waals surface area contributed by atoms with Crippen molar-refractivity contribution in [2.75, 3.05) is 0 Å². The number of hydrogen-bond donors (Lipinski definition) is 0. The summed E-state index contributed by atoms with van der Waals surface area (Å²) < 4.78 is 47.0. The second-order valence-corrected chi connectivity index (χ2v) is 2.13. The van der Waals surface area contributed by atoms with E-state index in [1.165, 1.54) is 0 Å². The van der Waals surface area contributed by atoms with E-state index in [-0.39, 0.29) is 12.8 Å². The molecule has 1 saturated carbocycles. The fourth-order valence-electron chi connectivity index (χ4n) is 0.720. The van der Waals surface area contributed by atoms with Gasteiger partial charge in [0.05, 0.1) is 0 Å². The van der Waals surface area contributed by atoms with E-state index in [9.17, 15) is 17.6 Å². The van der Waals surface area contributed by atoms with Crippen LogP contribution in [0.25, 0.3) is 0 Å². The van der Waals surface area contributed by atoms with E-state index in [0.717, 1.165) is 0 Å². The Morgan fingerprint density at radius 2 is 2.00 bits per heavy atom. The molecule has 0 aromatic heterocycles. The van der Waals surface area contributed by atoms with Crippen LogP contribution >= 0.6 is 0 Å². The lowest BCUT2D eigenvalue weighted by atomic mass is 9.80. The van der Waals surface area contributed by atoms with Gasteiger partial charge in [-0.2, -0.15) is 8.78 Å². The Bertz CT molecular complexity index is 107. The van der Waals surface area contributed by atoms with Crippen molar-refractivity contribution in [3.8, 4) is 0 Å². The van der Waals surface area contributed by atoms with Crippen molar-refractivity contribution in [3.63, 3.8) is 0 Å². The van der Waals surface area contributed by atoms with Gasteiger partial charge in [0.2, 0.25) is 5.67 Å². The molecule has 0 nitrogen and oxygen atoms in total. The van der Waals surface area contributed by atoms with Crippen molar-refractivity contribution in [3.05, 3.63) is 6.43 Å². The van der Waals surface area contributed by atoms with Gasteiger partial charge in [-0.05, 0) is 12.8 Å². The maximum Gasteiger partial charge on any atom is 0.349 e. The van der Waals surface area contributed by atoms with Crippen molar-refractivity contribution in [1.29, 1.82) is 0 Å². The standard InChI is InChI=1S/C5H5F4/c6-3-1-2-5(3,9)4(7)8/h3H,1-2H2. The molecule has 0 saturated heterocycles. The molecule has 2 unspecified atom stereocenters. The monoisotopic (exact) mass is 141 g/mol. The Hall–Kier alpha value is -0.280. The number of rotatable bonds is 1. The van der Waals surface area contributed by atoms with Crippen molar-refractivity contribution in [1.82, 2.24) is 0 Å². The van der Waals surface area contributed by atoms with Crippen LogP contribution in [0.4, 0.5) is 17.6 Å². The van der Waals surface area contributed by atoms with Crippen LogP contribution < -0.4 is 0 Å². The average molecular weight is 141 g/mol. The van der Waals surface area contributed by atoms with Crippen LogP contribution in [-0.2, 0) is 0 Å². The highest BCUT2D eigenvalue weighted by Gasteiger charge is 2.57. The van der Waals surface area contributed by atoms with Gasteiger partial charge in [0, 0.05) is 0 Å². The SMILES string of the molecule is F[C](F)C1(F)CCC1F. The lowest BCUT2D eigenvalue weighted by Gasteiger charge is -2.35. The molecule has 1 rings (SSSR count). The van der Waals surface area contributed by atoms with Crippen LogP contribution in [-0.4, -0.2) is 11.8 Å². The van der Waals surface area contributed by atoms with Gasteiger partial charge in [-0.15, -0.1) is 0 Å². The Morgan fingerprint density at radius 1 is 1.44 bits per heavy atom. The quantitative estimate of drug-likeness (QED) is 0.491. The van der Waals surface area contributed by atoms with Crippen molar-refractivity contribution in [2.24, 2.45) is 0 Å². The highest BCUT2D eigenvalue weighted by Crippen LogP contribution is 2.46. The van der Waals surface area contributed by atoms with Gasteiger partial charge in [-0.1, -0.05) is 0 Å². The second kappa shape index (κ2) is 1.85. The Morgan fingerprint density at radius 3 is 2.00 bits per heavy atom. The molecule has 0 amide bonds. The molecule has 0 aromatic carbocycles. The molecule has 53 valence electrons. The van der Waals surface area contributed by atoms with Crippen LogP contribution in [0.3, 0.4) is 0 Å². The maximum atomic E-state index is 12.3. The van der Waals surface area contributed by atoms with E-state index in [2.05, 4.69) is 0 Å². The van der Waals surface area contributed by atoms with E-state index in [1.807, 2.05) is 0 Å². The zero-order chi connectivity index (χ0) is 7.07. The Balaban J connectivity index is 2.53. The third-order valence-electron chi connectivity index (χ3n) is 1.57. The average Bonchev–Trinajstić information content (AvgIpc) is 1.82. The minimum atomic E-state index is -2.90. The molecule has 4 heteroatoms. The molecule has 2 atom stereocenters. The van der Waals surface area contributed by atoms with E-state index < -0.39 is 18.3 Å². The molecule has 1 aliphatic rings. The molecule has 9 heavy (non-hydrogen) atoms. The third kappa shape index (κ3) is 0.804. The van der Waals surface area contributed by atoms with Crippen molar-refractivity contribution >= 4 is 0 Å². The van der Waals surface area contributed by atoms with Crippen LogP contribution in [0, 0.1) is 6.43 Å². The van der Waals surface area contributed by atoms with Gasteiger partial charge in [-0.25, -0.2) is 8.78 Å². The molecule has 0 heterocycles. The van der Waals surface area contributed by atoms with Crippen LogP contribution in [0.1, 0.15) is 12.8 Å². The zero-order valence-corrected chi connectivity index (χ0v) is 4.50. The van der Waals surface area contributed by atoms with Gasteiger partial charge in [-0.3, -0.25) is 0 Å². The number of hydrogen-bond acceptors (Lipinski definition) is 0. The second-order valence-electron chi connectivity index (χ2n) is 2.13. The Kier molecular flexibility index (Phi) is 1.41.